The van der Waals surface area contributed by atoms with Crippen LogP contribution in [0.4, 0.5) is 5.95 Å². The number of nitrogens with two attached hydrogens (primary N) is 1. The first-order chi connectivity index (χ1) is 8.98. The molecule has 4 N–H and O–H groups in total. The van der Waals surface area contributed by atoms with E-state index in [0.29, 0.717) is 6.42 Å². The Morgan fingerprint density at radius 2 is 2.05 bits per heavy atom. The molecule has 1 aliphatic carbocycles. The number of H-pyrrole nitrogens is 1. The molecule has 2 aliphatic rings. The molecule has 0 radical (unpaired) electrons. The number of ether oxygens (including phenoxy) is 2. The normalized spacial score (nSPS) is 36.6. The van der Waals surface area contributed by atoms with E-state index in [1.54, 1.807) is 0 Å². The van der Waals surface area contributed by atoms with Gasteiger partial charge in [0.25, 0.3) is 0 Å². The summed E-state index contributed by atoms with van der Waals surface area (Å²) in [5.41, 5.74) is 5.51. The van der Waals surface area contributed by atoms with Gasteiger partial charge in [0, 0.05) is 18.9 Å². The number of nitrogens with one attached hydrogen (secondary N) is 1. The summed E-state index contributed by atoms with van der Waals surface area (Å²) in [6.07, 6.45) is 1.54. The first kappa shape index (κ1) is 12.8. The predicted molar refractivity (Wildman–Crippen MR) is 67.0 cm³/mol. The third-order valence-electron chi connectivity index (χ3n) is 3.94. The quantitative estimate of drug-likeness (QED) is 0.716. The van der Waals surface area contributed by atoms with Crippen LogP contribution in [0.15, 0.2) is 0 Å². The second kappa shape index (κ2) is 4.43. The highest BCUT2D eigenvalue weighted by Crippen LogP contribution is 2.45. The van der Waals surface area contributed by atoms with Crippen molar-refractivity contribution in [1.29, 1.82) is 0 Å². The molecule has 1 saturated heterocycles. The van der Waals surface area contributed by atoms with Gasteiger partial charge in [-0.1, -0.05) is 0 Å². The van der Waals surface area contributed by atoms with Gasteiger partial charge in [0.15, 0.2) is 5.79 Å². The Labute approximate surface area is 111 Å². The van der Waals surface area contributed by atoms with Crippen molar-refractivity contribution < 1.29 is 14.6 Å². The monoisotopic (exact) mass is 268 g/mol. The zero-order valence-electron chi connectivity index (χ0n) is 11.2. The molecule has 7 nitrogen and oxygen atoms in total. The molecule has 2 fully saturated rings. The van der Waals surface area contributed by atoms with Crippen molar-refractivity contribution in [3.8, 4) is 0 Å². The van der Waals surface area contributed by atoms with Crippen molar-refractivity contribution in [2.75, 3.05) is 12.3 Å². The zero-order valence-corrected chi connectivity index (χ0v) is 11.2. The Morgan fingerprint density at radius 3 is 2.63 bits per heavy atom. The van der Waals surface area contributed by atoms with Crippen molar-refractivity contribution in [3.63, 3.8) is 0 Å². The number of aromatic amines is 1. The van der Waals surface area contributed by atoms with E-state index in [9.17, 15) is 5.11 Å². The van der Waals surface area contributed by atoms with Crippen molar-refractivity contribution in [2.45, 2.75) is 44.7 Å². The second-order valence-electron chi connectivity index (χ2n) is 5.85. The molecule has 3 rings (SSSR count). The van der Waals surface area contributed by atoms with Crippen molar-refractivity contribution >= 4 is 5.95 Å². The number of aromatic nitrogens is 3. The van der Waals surface area contributed by atoms with Gasteiger partial charge >= 0.3 is 0 Å². The number of anilines is 1. The van der Waals surface area contributed by atoms with E-state index >= 15 is 0 Å². The Bertz CT molecular complexity index is 462. The molecule has 1 saturated carbocycles. The Balaban J connectivity index is 1.75. The highest BCUT2D eigenvalue weighted by Gasteiger charge is 2.53. The van der Waals surface area contributed by atoms with E-state index in [1.165, 1.54) is 0 Å². The minimum atomic E-state index is -0.581. The molecule has 0 spiro atoms. The van der Waals surface area contributed by atoms with Crippen molar-refractivity contribution in [1.82, 2.24) is 15.2 Å². The molecule has 19 heavy (non-hydrogen) atoms. The molecule has 0 aromatic carbocycles. The van der Waals surface area contributed by atoms with Crippen LogP contribution >= 0.6 is 0 Å². The summed E-state index contributed by atoms with van der Waals surface area (Å²) < 4.78 is 11.9. The Hall–Kier alpha value is -1.18. The third kappa shape index (κ3) is 2.33. The lowest BCUT2D eigenvalue weighted by Gasteiger charge is -2.22. The molecule has 2 heterocycles. The average Bonchev–Trinajstić information content (AvgIpc) is 2.95. The fraction of sp³-hybridized carbons (Fsp3) is 0.833. The summed E-state index contributed by atoms with van der Waals surface area (Å²) in [7, 11) is 0. The van der Waals surface area contributed by atoms with Gasteiger partial charge < -0.3 is 20.3 Å². The third-order valence-corrected chi connectivity index (χ3v) is 3.94. The lowest BCUT2D eigenvalue weighted by Crippen LogP contribution is -2.27. The minimum absolute atomic E-state index is 0.00141. The molecule has 1 aromatic heterocycles. The van der Waals surface area contributed by atoms with Crippen LogP contribution < -0.4 is 5.73 Å². The van der Waals surface area contributed by atoms with Crippen LogP contribution in [-0.2, 0) is 15.9 Å². The molecule has 1 aromatic rings. The van der Waals surface area contributed by atoms with Crippen molar-refractivity contribution in [3.05, 3.63) is 5.82 Å². The van der Waals surface area contributed by atoms with Gasteiger partial charge in [-0.2, -0.15) is 4.98 Å². The molecule has 4 atom stereocenters. The Morgan fingerprint density at radius 1 is 1.37 bits per heavy atom. The number of aliphatic hydroxyl groups is 1. The van der Waals surface area contributed by atoms with Gasteiger partial charge in [0.1, 0.15) is 5.82 Å². The number of nitrogens with zero attached hydrogens (tertiary/aromatic N) is 2. The summed E-state index contributed by atoms with van der Waals surface area (Å²) in [4.78, 5) is 4.13. The summed E-state index contributed by atoms with van der Waals surface area (Å²) >= 11 is 0. The van der Waals surface area contributed by atoms with E-state index in [0.717, 1.165) is 12.2 Å². The summed E-state index contributed by atoms with van der Waals surface area (Å²) in [6.45, 7) is 3.93. The fourth-order valence-electron chi connectivity index (χ4n) is 3.23. The number of aliphatic hydroxyl groups excluding tert-OH is 1. The fourth-order valence-corrected chi connectivity index (χ4v) is 3.23. The molecular weight excluding hydrogens is 248 g/mol. The molecule has 0 bridgehead atoms. The van der Waals surface area contributed by atoms with Crippen LogP contribution in [0, 0.1) is 11.8 Å². The number of hydrogen-bond donors (Lipinski definition) is 3. The Kier molecular flexibility index (Phi) is 2.99. The van der Waals surface area contributed by atoms with Gasteiger partial charge in [-0.25, -0.2) is 0 Å². The summed E-state index contributed by atoms with van der Waals surface area (Å²) in [6, 6.07) is 0. The van der Waals surface area contributed by atoms with E-state index in [2.05, 4.69) is 15.2 Å². The SMILES string of the molecule is CC1(C)O[C@@H]2[C@@H](Cc3nc(N)n[nH]3)C[C@@H](CO)[C@@H]2O1. The molecule has 0 unspecified atom stereocenters. The molecular formula is C12H20N4O3. The summed E-state index contributed by atoms with van der Waals surface area (Å²) in [5, 5.41) is 16.1. The van der Waals surface area contributed by atoms with Crippen molar-refractivity contribution in [2.24, 2.45) is 11.8 Å². The minimum Gasteiger partial charge on any atom is -0.396 e. The van der Waals surface area contributed by atoms with Gasteiger partial charge in [0.2, 0.25) is 5.95 Å². The maximum absolute atomic E-state index is 9.48. The van der Waals surface area contributed by atoms with Crippen LogP contribution in [0.25, 0.3) is 0 Å². The number of rotatable bonds is 3. The highest BCUT2D eigenvalue weighted by molar-refractivity contribution is 5.13. The largest absolute Gasteiger partial charge is 0.396 e. The zero-order chi connectivity index (χ0) is 13.6. The van der Waals surface area contributed by atoms with Gasteiger partial charge in [-0.3, -0.25) is 5.10 Å². The van der Waals surface area contributed by atoms with Crippen LogP contribution in [-0.4, -0.2) is 44.9 Å². The second-order valence-corrected chi connectivity index (χ2v) is 5.85. The molecule has 0 amide bonds. The van der Waals surface area contributed by atoms with Gasteiger partial charge in [0.05, 0.1) is 12.2 Å². The highest BCUT2D eigenvalue weighted by atomic mass is 16.8. The van der Waals surface area contributed by atoms with Crippen LogP contribution in [0.3, 0.4) is 0 Å². The average molecular weight is 268 g/mol. The summed E-state index contributed by atoms with van der Waals surface area (Å²) in [5.74, 6) is 0.815. The van der Waals surface area contributed by atoms with Crippen LogP contribution in [0.2, 0.25) is 0 Å². The predicted octanol–water partition coefficient (Wildman–Crippen LogP) is 0.0779. The first-order valence-electron chi connectivity index (χ1n) is 6.62. The standard InChI is InChI=1S/C12H20N4O3/c1-12(2)18-9-6(3-7(5-17)10(9)19-12)4-8-14-11(13)16-15-8/h6-7,9-10,17H,3-5H2,1-2H3,(H3,13,14,15,16)/t6-,7+,9-,10+/m1/s1. The lowest BCUT2D eigenvalue weighted by molar-refractivity contribution is -0.162. The van der Waals surface area contributed by atoms with Crippen LogP contribution in [0.1, 0.15) is 26.1 Å². The van der Waals surface area contributed by atoms with E-state index in [-0.39, 0.29) is 36.6 Å². The number of fused-ring (bicyclic) bond motifs is 1. The van der Waals surface area contributed by atoms with Gasteiger partial charge in [-0.15, -0.1) is 5.10 Å². The smallest absolute Gasteiger partial charge is 0.239 e. The van der Waals surface area contributed by atoms with E-state index in [4.69, 9.17) is 15.2 Å². The topological polar surface area (TPSA) is 106 Å². The maximum atomic E-state index is 9.48. The lowest BCUT2D eigenvalue weighted by atomic mass is 10.00. The molecule has 1 aliphatic heterocycles. The number of nitrogen functional groups attached to an aromatic ring is 1. The first-order valence-corrected chi connectivity index (χ1v) is 6.62. The molecule has 7 heteroatoms. The van der Waals surface area contributed by atoms with Gasteiger partial charge in [-0.05, 0) is 26.2 Å². The van der Waals surface area contributed by atoms with E-state index < -0.39 is 5.79 Å². The van der Waals surface area contributed by atoms with Crippen LogP contribution in [0.5, 0.6) is 0 Å². The maximum Gasteiger partial charge on any atom is 0.239 e. The van der Waals surface area contributed by atoms with E-state index in [1.807, 2.05) is 13.8 Å². The number of hydrogen-bond acceptors (Lipinski definition) is 6. The molecule has 106 valence electrons.